The van der Waals surface area contributed by atoms with Crippen molar-refractivity contribution in [1.29, 1.82) is 0 Å². The van der Waals surface area contributed by atoms with E-state index in [1.165, 1.54) is 13.0 Å². The summed E-state index contributed by atoms with van der Waals surface area (Å²) >= 11 is 0. The Morgan fingerprint density at radius 2 is 1.82 bits per heavy atom. The Morgan fingerprint density at radius 1 is 1.21 bits per heavy atom. The van der Waals surface area contributed by atoms with Crippen LogP contribution in [0.1, 0.15) is 39.8 Å². The molecule has 1 heterocycles. The lowest BCUT2D eigenvalue weighted by Crippen LogP contribution is -2.30. The number of amides is 1. The second kappa shape index (κ2) is 7.72. The Kier molecular flexibility index (Phi) is 5.95. The Hall–Kier alpha value is -2.72. The number of nitrogens with two attached hydrogens (primary N) is 1. The Morgan fingerprint density at radius 3 is 2.32 bits per heavy atom. The number of hydrogen-bond acceptors (Lipinski definition) is 6. The Bertz CT molecular complexity index is 1060. The minimum atomic E-state index is -4.00. The van der Waals surface area contributed by atoms with Gasteiger partial charge in [-0.05, 0) is 57.9 Å². The highest BCUT2D eigenvalue weighted by Gasteiger charge is 2.23. The van der Waals surface area contributed by atoms with Crippen molar-refractivity contribution in [3.8, 4) is 0 Å². The van der Waals surface area contributed by atoms with E-state index in [0.717, 1.165) is 11.8 Å². The number of aryl methyl sites for hydroxylation is 3. The molecule has 0 aliphatic carbocycles. The number of ether oxygens (including phenoxy) is 1. The molecule has 3 N–H and O–H groups in total. The molecule has 0 aliphatic heterocycles. The van der Waals surface area contributed by atoms with Gasteiger partial charge in [0.25, 0.3) is 5.91 Å². The molecule has 1 atom stereocenters. The summed E-state index contributed by atoms with van der Waals surface area (Å²) in [6, 6.07) is 2.65. The number of rotatable bonds is 5. The smallest absolute Gasteiger partial charge is 0.338 e. The first-order valence-corrected chi connectivity index (χ1v) is 10.0. The molecule has 0 spiro atoms. The summed E-state index contributed by atoms with van der Waals surface area (Å²) < 4.78 is 30.3. The van der Waals surface area contributed by atoms with Gasteiger partial charge in [-0.25, -0.2) is 18.4 Å². The summed E-state index contributed by atoms with van der Waals surface area (Å²) in [7, 11) is -2.25. The standard InChI is InChI=1S/C18H24N4O5S/c1-9-7-14(8-15(10(9)2)28(19,25)26)18(24)27-13(5)17(23)20-16-11(3)21-22(6)12(16)4/h7-8,13H,1-6H3,(H,20,23)(H2,19,25,26). The summed E-state index contributed by atoms with van der Waals surface area (Å²) in [6.45, 7) is 8.24. The lowest BCUT2D eigenvalue weighted by Gasteiger charge is -2.15. The van der Waals surface area contributed by atoms with Gasteiger partial charge in [-0.3, -0.25) is 9.48 Å². The fraction of sp³-hybridized carbons (Fsp3) is 0.389. The predicted molar refractivity (Wildman–Crippen MR) is 103 cm³/mol. The van der Waals surface area contributed by atoms with Gasteiger partial charge >= 0.3 is 5.97 Å². The first-order valence-electron chi connectivity index (χ1n) is 8.49. The normalized spacial score (nSPS) is 12.5. The van der Waals surface area contributed by atoms with Crippen LogP contribution in [0.25, 0.3) is 0 Å². The third-order valence-electron chi connectivity index (χ3n) is 4.57. The quantitative estimate of drug-likeness (QED) is 0.720. The van der Waals surface area contributed by atoms with E-state index in [2.05, 4.69) is 10.4 Å². The van der Waals surface area contributed by atoms with Crippen molar-refractivity contribution >= 4 is 27.6 Å². The van der Waals surface area contributed by atoms with E-state index >= 15 is 0 Å². The van der Waals surface area contributed by atoms with Crippen molar-refractivity contribution in [1.82, 2.24) is 9.78 Å². The summed E-state index contributed by atoms with van der Waals surface area (Å²) in [4.78, 5) is 24.7. The lowest BCUT2D eigenvalue weighted by atomic mass is 10.1. The van der Waals surface area contributed by atoms with Crippen molar-refractivity contribution in [2.45, 2.75) is 45.6 Å². The van der Waals surface area contributed by atoms with Gasteiger partial charge in [-0.1, -0.05) is 0 Å². The molecule has 0 saturated carbocycles. The van der Waals surface area contributed by atoms with Gasteiger partial charge in [0.2, 0.25) is 10.0 Å². The summed E-state index contributed by atoms with van der Waals surface area (Å²) in [6.07, 6.45) is -1.11. The van der Waals surface area contributed by atoms with Gasteiger partial charge in [-0.15, -0.1) is 0 Å². The van der Waals surface area contributed by atoms with Crippen molar-refractivity contribution in [3.05, 3.63) is 40.2 Å². The van der Waals surface area contributed by atoms with Crippen molar-refractivity contribution in [2.75, 3.05) is 5.32 Å². The van der Waals surface area contributed by atoms with E-state index in [9.17, 15) is 18.0 Å². The number of hydrogen-bond donors (Lipinski definition) is 2. The zero-order valence-electron chi connectivity index (χ0n) is 16.7. The van der Waals surface area contributed by atoms with Crippen LogP contribution in [0, 0.1) is 27.7 Å². The molecule has 1 unspecified atom stereocenters. The molecule has 1 aromatic carbocycles. The number of carbonyl (C=O) groups is 2. The van der Waals surface area contributed by atoms with Crippen LogP contribution in [0.15, 0.2) is 17.0 Å². The van der Waals surface area contributed by atoms with Crippen LogP contribution in [-0.2, 0) is 26.6 Å². The molecule has 2 rings (SSSR count). The third-order valence-corrected chi connectivity index (χ3v) is 5.61. The minimum absolute atomic E-state index is 0.000476. The van der Waals surface area contributed by atoms with Gasteiger partial charge in [0, 0.05) is 7.05 Å². The van der Waals surface area contributed by atoms with Crippen LogP contribution in [0.2, 0.25) is 0 Å². The van der Waals surface area contributed by atoms with E-state index < -0.39 is 28.0 Å². The van der Waals surface area contributed by atoms with Gasteiger partial charge in [-0.2, -0.15) is 5.10 Å². The van der Waals surface area contributed by atoms with Crippen LogP contribution in [0.4, 0.5) is 5.69 Å². The van der Waals surface area contributed by atoms with Crippen molar-refractivity contribution in [2.24, 2.45) is 12.2 Å². The Labute approximate surface area is 163 Å². The van der Waals surface area contributed by atoms with E-state index in [-0.39, 0.29) is 10.5 Å². The number of aromatic nitrogens is 2. The van der Waals surface area contributed by atoms with Crippen LogP contribution in [0.5, 0.6) is 0 Å². The molecule has 0 saturated heterocycles. The molecule has 1 aromatic heterocycles. The van der Waals surface area contributed by atoms with Crippen molar-refractivity contribution < 1.29 is 22.7 Å². The van der Waals surface area contributed by atoms with Gasteiger partial charge < -0.3 is 10.1 Å². The summed E-state index contributed by atoms with van der Waals surface area (Å²) in [5.41, 5.74) is 2.97. The van der Waals surface area contributed by atoms with Gasteiger partial charge in [0.1, 0.15) is 0 Å². The first kappa shape index (κ1) is 21.6. The van der Waals surface area contributed by atoms with Gasteiger partial charge in [0.15, 0.2) is 6.10 Å². The number of benzene rings is 1. The van der Waals surface area contributed by atoms with E-state index in [1.807, 2.05) is 0 Å². The fourth-order valence-electron chi connectivity index (χ4n) is 2.70. The molecule has 0 radical (unpaired) electrons. The monoisotopic (exact) mass is 408 g/mol. The van der Waals surface area contributed by atoms with Crippen LogP contribution < -0.4 is 10.5 Å². The third kappa shape index (κ3) is 4.39. The number of anilines is 1. The number of nitrogens with zero attached hydrogens (tertiary/aromatic N) is 2. The molecule has 1 amide bonds. The van der Waals surface area contributed by atoms with E-state index in [0.29, 0.717) is 22.5 Å². The first-order chi connectivity index (χ1) is 12.8. The highest BCUT2D eigenvalue weighted by Crippen LogP contribution is 2.22. The largest absolute Gasteiger partial charge is 0.449 e. The molecule has 152 valence electrons. The molecule has 0 fully saturated rings. The highest BCUT2D eigenvalue weighted by atomic mass is 32.2. The second-order valence-electron chi connectivity index (χ2n) is 6.67. The molecular weight excluding hydrogens is 384 g/mol. The maximum absolute atomic E-state index is 12.4. The molecule has 2 aromatic rings. The Balaban J connectivity index is 2.20. The number of primary sulfonamides is 1. The predicted octanol–water partition coefficient (Wildman–Crippen LogP) is 1.49. The lowest BCUT2D eigenvalue weighted by molar-refractivity contribution is -0.123. The van der Waals surface area contributed by atoms with Crippen LogP contribution in [-0.4, -0.2) is 36.2 Å². The highest BCUT2D eigenvalue weighted by molar-refractivity contribution is 7.89. The fourth-order valence-corrected chi connectivity index (χ4v) is 3.58. The molecule has 9 nitrogen and oxygen atoms in total. The topological polar surface area (TPSA) is 133 Å². The summed E-state index contributed by atoms with van der Waals surface area (Å²) in [5, 5.41) is 12.1. The minimum Gasteiger partial charge on any atom is -0.449 e. The molecule has 10 heteroatoms. The van der Waals surface area contributed by atoms with Crippen molar-refractivity contribution in [3.63, 3.8) is 0 Å². The maximum Gasteiger partial charge on any atom is 0.338 e. The number of sulfonamides is 1. The van der Waals surface area contributed by atoms with Crippen LogP contribution in [0.3, 0.4) is 0 Å². The van der Waals surface area contributed by atoms with E-state index in [4.69, 9.17) is 9.88 Å². The number of carbonyl (C=O) groups excluding carboxylic acids is 2. The van der Waals surface area contributed by atoms with Crippen LogP contribution >= 0.6 is 0 Å². The zero-order valence-corrected chi connectivity index (χ0v) is 17.5. The molecular formula is C18H24N4O5S. The number of esters is 1. The molecule has 28 heavy (non-hydrogen) atoms. The van der Waals surface area contributed by atoms with Gasteiger partial charge in [0.05, 0.1) is 27.5 Å². The molecule has 0 bridgehead atoms. The molecule has 0 aliphatic rings. The zero-order chi connectivity index (χ0) is 21.4. The maximum atomic E-state index is 12.4. The second-order valence-corrected chi connectivity index (χ2v) is 8.20. The number of nitrogens with one attached hydrogen (secondary N) is 1. The van der Waals surface area contributed by atoms with E-state index in [1.54, 1.807) is 39.4 Å². The average Bonchev–Trinajstić information content (AvgIpc) is 2.82. The average molecular weight is 408 g/mol. The summed E-state index contributed by atoms with van der Waals surface area (Å²) in [5.74, 6) is -1.35. The SMILES string of the molecule is Cc1cc(C(=O)OC(C)C(=O)Nc2c(C)nn(C)c2C)cc(S(N)(=O)=O)c1C.